The Kier molecular flexibility index (Phi) is 13.8. The lowest BCUT2D eigenvalue weighted by Crippen LogP contribution is -2.45. The number of ether oxygens (including phenoxy) is 4. The van der Waals surface area contributed by atoms with E-state index < -0.39 is 0 Å². The van der Waals surface area contributed by atoms with Crippen LogP contribution in [0.2, 0.25) is 0 Å². The van der Waals surface area contributed by atoms with Gasteiger partial charge in [0.25, 0.3) is 0 Å². The number of benzene rings is 2. The minimum absolute atomic E-state index is 0.0471. The molecule has 0 radical (unpaired) electrons. The molecule has 5 nitrogen and oxygen atoms in total. The molecule has 1 N–H and O–H groups in total. The van der Waals surface area contributed by atoms with Crippen molar-refractivity contribution in [2.75, 3.05) is 26.4 Å². The summed E-state index contributed by atoms with van der Waals surface area (Å²) in [5, 5.41) is 11.4. The zero-order valence-corrected chi connectivity index (χ0v) is 32.9. The van der Waals surface area contributed by atoms with Crippen molar-refractivity contribution in [1.29, 1.82) is 0 Å². The fraction of sp³-hybridized carbons (Fsp3) is 0.609. The van der Waals surface area contributed by atoms with Crippen molar-refractivity contribution in [2.24, 2.45) is 11.8 Å². The van der Waals surface area contributed by atoms with Crippen LogP contribution in [0.1, 0.15) is 147 Å². The predicted molar refractivity (Wildman–Crippen MR) is 211 cm³/mol. The maximum atomic E-state index is 11.4. The van der Waals surface area contributed by atoms with Gasteiger partial charge in [0.1, 0.15) is 41.8 Å². The van der Waals surface area contributed by atoms with Gasteiger partial charge in [0.05, 0.1) is 13.2 Å². The topological polar surface area (TPSA) is 57.2 Å². The molecule has 2 aliphatic carbocycles. The number of fused-ring (bicyclic) bond motifs is 3. The van der Waals surface area contributed by atoms with E-state index in [0.29, 0.717) is 44.0 Å². The molecule has 5 rings (SSSR count). The molecule has 0 saturated heterocycles. The highest BCUT2D eigenvalue weighted by atomic mass is 16.5. The van der Waals surface area contributed by atoms with Crippen LogP contribution in [0.4, 0.5) is 0 Å². The van der Waals surface area contributed by atoms with Crippen molar-refractivity contribution in [1.82, 2.24) is 0 Å². The summed E-state index contributed by atoms with van der Waals surface area (Å²) in [6.07, 6.45) is 18.1. The average Bonchev–Trinajstić information content (AvgIpc) is 3.07. The number of rotatable bonds is 18. The van der Waals surface area contributed by atoms with Crippen LogP contribution < -0.4 is 14.2 Å². The van der Waals surface area contributed by atoms with Gasteiger partial charge < -0.3 is 24.1 Å². The van der Waals surface area contributed by atoms with Crippen LogP contribution in [0.25, 0.3) is 0 Å². The predicted octanol–water partition coefficient (Wildman–Crippen LogP) is 12.0. The molecule has 4 atom stereocenters. The van der Waals surface area contributed by atoms with E-state index >= 15 is 0 Å². The highest BCUT2D eigenvalue weighted by molar-refractivity contribution is 5.55. The maximum Gasteiger partial charge on any atom is 0.127 e. The van der Waals surface area contributed by atoms with E-state index in [2.05, 4.69) is 85.4 Å². The molecular weight excluding hydrogens is 633 g/mol. The monoisotopic (exact) mass is 698 g/mol. The van der Waals surface area contributed by atoms with Crippen LogP contribution in [0.15, 0.2) is 59.7 Å². The lowest BCUT2D eigenvalue weighted by atomic mass is 9.68. The normalized spacial score (nSPS) is 22.3. The van der Waals surface area contributed by atoms with E-state index in [1.165, 1.54) is 41.5 Å². The van der Waals surface area contributed by atoms with Gasteiger partial charge in [-0.05, 0) is 127 Å². The molecular formula is C46H66O5. The zero-order valence-electron chi connectivity index (χ0n) is 32.9. The lowest BCUT2D eigenvalue weighted by molar-refractivity contribution is 0.00993. The number of hydrogen-bond donors (Lipinski definition) is 1. The van der Waals surface area contributed by atoms with Gasteiger partial charge in [-0.1, -0.05) is 75.0 Å². The van der Waals surface area contributed by atoms with E-state index in [1.54, 1.807) is 0 Å². The Balaban J connectivity index is 1.26. The fourth-order valence-electron chi connectivity index (χ4n) is 8.68. The Morgan fingerprint density at radius 2 is 1.35 bits per heavy atom. The van der Waals surface area contributed by atoms with Crippen LogP contribution in [0.3, 0.4) is 0 Å². The summed E-state index contributed by atoms with van der Waals surface area (Å²) in [7, 11) is 0. The molecule has 0 amide bonds. The minimum Gasteiger partial charge on any atom is -0.507 e. The molecule has 0 bridgehead atoms. The second-order valence-corrected chi connectivity index (χ2v) is 16.2. The molecule has 0 saturated carbocycles. The van der Waals surface area contributed by atoms with Gasteiger partial charge in [-0.2, -0.15) is 0 Å². The van der Waals surface area contributed by atoms with Gasteiger partial charge in [-0.25, -0.2) is 0 Å². The first kappa shape index (κ1) is 39.0. The highest BCUT2D eigenvalue weighted by Crippen LogP contribution is 2.54. The van der Waals surface area contributed by atoms with Gasteiger partial charge in [0, 0.05) is 28.9 Å². The molecule has 280 valence electrons. The Hall–Kier alpha value is -3.18. The molecule has 2 aromatic rings. The van der Waals surface area contributed by atoms with E-state index in [-0.39, 0.29) is 17.4 Å². The second kappa shape index (κ2) is 18.0. The van der Waals surface area contributed by atoms with E-state index in [9.17, 15) is 5.11 Å². The number of unbranched alkanes of at least 4 members (excludes halogenated alkanes) is 4. The molecule has 3 aliphatic rings. The summed E-state index contributed by atoms with van der Waals surface area (Å²) in [5.41, 5.74) is 8.22. The van der Waals surface area contributed by atoms with Crippen molar-refractivity contribution in [3.05, 3.63) is 82.0 Å². The quantitative estimate of drug-likeness (QED) is 0.124. The van der Waals surface area contributed by atoms with Gasteiger partial charge in [0.2, 0.25) is 0 Å². The summed E-state index contributed by atoms with van der Waals surface area (Å²) in [4.78, 5) is 0. The summed E-state index contributed by atoms with van der Waals surface area (Å²) in [6, 6.07) is 8.63. The molecule has 5 heteroatoms. The first-order chi connectivity index (χ1) is 24.5. The number of phenolic OH excluding ortho intramolecular Hbond substituents is 1. The highest BCUT2D eigenvalue weighted by Gasteiger charge is 2.45. The molecule has 0 spiro atoms. The van der Waals surface area contributed by atoms with Crippen molar-refractivity contribution < 1.29 is 24.1 Å². The van der Waals surface area contributed by atoms with Crippen LogP contribution in [-0.2, 0) is 17.6 Å². The van der Waals surface area contributed by atoms with Crippen LogP contribution in [0, 0.1) is 11.8 Å². The lowest BCUT2D eigenvalue weighted by Gasteiger charge is -2.46. The average molecular weight is 699 g/mol. The SMILES string of the molecule is C=C(C)[C@@H]1CCC(C)=C[C@H]1c1c(O)cc(CCCCC)cc1OCCOCCOc1cc(CCCCC)cc2c1[C@@H]1C=C(C)CC[C@H]1C(C)(C)O2. The van der Waals surface area contributed by atoms with Crippen molar-refractivity contribution >= 4 is 0 Å². The van der Waals surface area contributed by atoms with Crippen molar-refractivity contribution in [3.8, 4) is 23.0 Å². The fourth-order valence-corrected chi connectivity index (χ4v) is 8.68. The first-order valence-corrected chi connectivity index (χ1v) is 20.1. The van der Waals surface area contributed by atoms with Crippen LogP contribution in [-0.4, -0.2) is 37.1 Å². The summed E-state index contributed by atoms with van der Waals surface area (Å²) in [6.45, 7) is 21.6. The standard InChI is InChI=1S/C46H66O5/c1-9-11-13-15-34-27-40(47)44(37-25-32(5)17-19-36(37)31(3)4)41(28-34)49-23-21-48-22-24-50-42-29-35(16-14-12-10-2)30-43-45(42)38-26-33(6)18-20-39(38)46(7,8)51-43/h25-30,36-39,47H,3,9-24H2,1-2,4-8H3/t36-,37+,38+,39+/m0/s1. The van der Waals surface area contributed by atoms with E-state index in [0.717, 1.165) is 91.7 Å². The van der Waals surface area contributed by atoms with Crippen molar-refractivity contribution in [3.63, 3.8) is 0 Å². The summed E-state index contributed by atoms with van der Waals surface area (Å²) < 4.78 is 25.9. The Morgan fingerprint density at radius 3 is 1.96 bits per heavy atom. The molecule has 0 fully saturated rings. The number of aryl methyl sites for hydroxylation is 2. The van der Waals surface area contributed by atoms with Crippen LogP contribution >= 0.6 is 0 Å². The number of allylic oxidation sites excluding steroid dienone is 5. The Labute approximate surface area is 309 Å². The second-order valence-electron chi connectivity index (χ2n) is 16.2. The minimum atomic E-state index is -0.222. The maximum absolute atomic E-state index is 11.4. The van der Waals surface area contributed by atoms with Gasteiger partial charge in [-0.15, -0.1) is 0 Å². The Bertz CT molecular complexity index is 1550. The molecule has 1 heterocycles. The van der Waals surface area contributed by atoms with Crippen molar-refractivity contribution in [2.45, 2.75) is 143 Å². The summed E-state index contributed by atoms with van der Waals surface area (Å²) in [5.74, 6) is 4.06. The number of phenols is 1. The van der Waals surface area contributed by atoms with Gasteiger partial charge >= 0.3 is 0 Å². The third-order valence-corrected chi connectivity index (χ3v) is 11.5. The Morgan fingerprint density at radius 1 is 0.784 bits per heavy atom. The molecule has 0 unspecified atom stereocenters. The number of aromatic hydroxyl groups is 1. The first-order valence-electron chi connectivity index (χ1n) is 20.1. The molecule has 2 aromatic carbocycles. The van der Waals surface area contributed by atoms with Crippen LogP contribution in [0.5, 0.6) is 23.0 Å². The summed E-state index contributed by atoms with van der Waals surface area (Å²) >= 11 is 0. The number of hydrogen-bond acceptors (Lipinski definition) is 5. The van der Waals surface area contributed by atoms with Gasteiger partial charge in [-0.3, -0.25) is 0 Å². The van der Waals surface area contributed by atoms with Gasteiger partial charge in [0.15, 0.2) is 0 Å². The molecule has 1 aliphatic heterocycles. The molecule has 51 heavy (non-hydrogen) atoms. The third-order valence-electron chi connectivity index (χ3n) is 11.5. The molecule has 0 aromatic heterocycles. The van der Waals surface area contributed by atoms with E-state index in [1.807, 2.05) is 6.07 Å². The third kappa shape index (κ3) is 9.83. The van der Waals surface area contributed by atoms with E-state index in [4.69, 9.17) is 18.9 Å². The largest absolute Gasteiger partial charge is 0.507 e. The zero-order chi connectivity index (χ0) is 36.5. The smallest absolute Gasteiger partial charge is 0.127 e.